The van der Waals surface area contributed by atoms with Crippen LogP contribution in [0.2, 0.25) is 0 Å². The number of nitrogens with two attached hydrogens (primary N) is 1. The normalized spacial score (nSPS) is 11.8. The number of hydrogen-bond donors (Lipinski definition) is 2. The minimum Gasteiger partial charge on any atom is -0.396 e. The fourth-order valence-corrected chi connectivity index (χ4v) is 0.834. The summed E-state index contributed by atoms with van der Waals surface area (Å²) in [7, 11) is -3.36. The summed E-state index contributed by atoms with van der Waals surface area (Å²) in [6, 6.07) is 0. The molecule has 0 amide bonds. The van der Waals surface area contributed by atoms with Crippen LogP contribution in [-0.2, 0) is 10.0 Å². The topological polar surface area (TPSA) is 80.4 Å². The number of primary sulfonamides is 1. The second kappa shape index (κ2) is 3.81. The van der Waals surface area contributed by atoms with Crippen molar-refractivity contribution in [3.05, 3.63) is 6.42 Å². The van der Waals surface area contributed by atoms with E-state index in [0.29, 0.717) is 6.42 Å². The van der Waals surface area contributed by atoms with Crippen LogP contribution in [0.25, 0.3) is 0 Å². The zero-order valence-electron chi connectivity index (χ0n) is 4.95. The van der Waals surface area contributed by atoms with Gasteiger partial charge >= 0.3 is 0 Å². The molecule has 0 unspecified atom stereocenters. The molecule has 0 aliphatic heterocycles. The van der Waals surface area contributed by atoms with E-state index in [9.17, 15) is 8.42 Å². The van der Waals surface area contributed by atoms with E-state index in [4.69, 9.17) is 5.11 Å². The van der Waals surface area contributed by atoms with Gasteiger partial charge in [0, 0.05) is 6.61 Å². The predicted molar refractivity (Wildman–Crippen MR) is 34.0 cm³/mol. The summed E-state index contributed by atoms with van der Waals surface area (Å²) in [5, 5.41) is 12.8. The molecule has 0 spiro atoms. The van der Waals surface area contributed by atoms with E-state index in [1.165, 1.54) is 6.42 Å². The molecule has 9 heavy (non-hydrogen) atoms. The van der Waals surface area contributed by atoms with E-state index in [1.54, 1.807) is 0 Å². The first-order chi connectivity index (χ1) is 4.06. The van der Waals surface area contributed by atoms with Crippen LogP contribution in [-0.4, -0.2) is 25.9 Å². The molecule has 3 N–H and O–H groups in total. The van der Waals surface area contributed by atoms with Crippen LogP contribution in [0.5, 0.6) is 0 Å². The maximum absolute atomic E-state index is 10.2. The van der Waals surface area contributed by atoms with Gasteiger partial charge in [-0.05, 0) is 12.8 Å². The number of sulfonamides is 1. The molecule has 1 radical (unpaired) electrons. The Morgan fingerprint density at radius 3 is 2.44 bits per heavy atom. The Kier molecular flexibility index (Phi) is 3.76. The van der Waals surface area contributed by atoms with Gasteiger partial charge in [-0.15, -0.1) is 0 Å². The summed E-state index contributed by atoms with van der Waals surface area (Å²) < 4.78 is 20.3. The van der Waals surface area contributed by atoms with Crippen molar-refractivity contribution in [2.45, 2.75) is 6.42 Å². The molecule has 0 rings (SSSR count). The number of aliphatic hydroxyl groups excluding tert-OH is 1. The Labute approximate surface area is 54.7 Å². The van der Waals surface area contributed by atoms with Crippen molar-refractivity contribution in [3.63, 3.8) is 0 Å². The van der Waals surface area contributed by atoms with E-state index < -0.39 is 10.0 Å². The van der Waals surface area contributed by atoms with Gasteiger partial charge in [-0.3, -0.25) is 0 Å². The van der Waals surface area contributed by atoms with Crippen LogP contribution >= 0.6 is 0 Å². The Hall–Kier alpha value is -0.130. The molecule has 0 aromatic carbocycles. The fourth-order valence-electron chi connectivity index (χ4n) is 0.339. The molecule has 0 aliphatic rings. The molecule has 0 atom stereocenters. The van der Waals surface area contributed by atoms with Crippen LogP contribution in [0.15, 0.2) is 0 Å². The minimum absolute atomic E-state index is 0.0322. The summed E-state index contributed by atoms with van der Waals surface area (Å²) in [4.78, 5) is 0. The monoisotopic (exact) mass is 152 g/mol. The molecule has 0 aromatic heterocycles. The van der Waals surface area contributed by atoms with Gasteiger partial charge in [-0.25, -0.2) is 13.6 Å². The number of rotatable bonds is 4. The highest BCUT2D eigenvalue weighted by Crippen LogP contribution is 1.87. The molecular formula is C4H10NO3S. The van der Waals surface area contributed by atoms with Crippen LogP contribution < -0.4 is 5.14 Å². The van der Waals surface area contributed by atoms with Gasteiger partial charge in [-0.1, -0.05) is 0 Å². The van der Waals surface area contributed by atoms with Gasteiger partial charge in [0.2, 0.25) is 10.0 Å². The first-order valence-electron chi connectivity index (χ1n) is 2.49. The lowest BCUT2D eigenvalue weighted by atomic mass is 10.4. The van der Waals surface area contributed by atoms with Crippen LogP contribution in [0.4, 0.5) is 0 Å². The maximum atomic E-state index is 10.2. The first-order valence-corrected chi connectivity index (χ1v) is 4.21. The third kappa shape index (κ3) is 7.87. The van der Waals surface area contributed by atoms with Crippen molar-refractivity contribution in [1.29, 1.82) is 0 Å². The average Bonchev–Trinajstić information content (AvgIpc) is 1.63. The fraction of sp³-hybridized carbons (Fsp3) is 0.750. The number of aliphatic hydroxyl groups is 1. The van der Waals surface area contributed by atoms with Crippen LogP contribution in [0.1, 0.15) is 6.42 Å². The molecular weight excluding hydrogens is 142 g/mol. The number of unbranched alkanes of at least 4 members (excludes halogenated alkanes) is 1. The third-order valence-corrected chi connectivity index (χ3v) is 1.38. The van der Waals surface area contributed by atoms with Crippen molar-refractivity contribution < 1.29 is 13.5 Å². The van der Waals surface area contributed by atoms with E-state index in [1.807, 2.05) is 0 Å². The summed E-state index contributed by atoms with van der Waals surface area (Å²) in [6.07, 6.45) is 1.80. The molecule has 5 heteroatoms. The lowest BCUT2D eigenvalue weighted by molar-refractivity contribution is 0.298. The van der Waals surface area contributed by atoms with Gasteiger partial charge in [0.05, 0.1) is 5.75 Å². The van der Waals surface area contributed by atoms with Crippen molar-refractivity contribution in [1.82, 2.24) is 0 Å². The van der Waals surface area contributed by atoms with Gasteiger partial charge in [-0.2, -0.15) is 0 Å². The first kappa shape index (κ1) is 8.87. The van der Waals surface area contributed by atoms with Crippen LogP contribution in [0, 0.1) is 6.42 Å². The number of hydrogen-bond acceptors (Lipinski definition) is 3. The standard InChI is InChI=1S/C4H10NO3S/c5-9(7,8)4-2-1-3-6/h2,6H,1,3-4H2,(H2,5,7,8). The van der Waals surface area contributed by atoms with Gasteiger partial charge in [0.1, 0.15) is 0 Å². The SMILES string of the molecule is NS(=O)(=O)C[CH]CCO. The zero-order chi connectivity index (χ0) is 7.33. The lowest BCUT2D eigenvalue weighted by Crippen LogP contribution is -2.16. The molecule has 0 bridgehead atoms. The molecule has 0 aromatic rings. The highest BCUT2D eigenvalue weighted by molar-refractivity contribution is 7.89. The van der Waals surface area contributed by atoms with E-state index in [0.717, 1.165) is 0 Å². The quantitative estimate of drug-likeness (QED) is 0.500. The Morgan fingerprint density at radius 1 is 1.56 bits per heavy atom. The average molecular weight is 152 g/mol. The Balaban J connectivity index is 3.30. The summed E-state index contributed by atoms with van der Waals surface area (Å²) in [6.45, 7) is -0.0322. The summed E-state index contributed by atoms with van der Waals surface area (Å²) in [5.41, 5.74) is 0. The van der Waals surface area contributed by atoms with Crippen molar-refractivity contribution in [3.8, 4) is 0 Å². The Morgan fingerprint density at radius 2 is 2.11 bits per heavy atom. The second-order valence-corrected chi connectivity index (χ2v) is 3.29. The van der Waals surface area contributed by atoms with Gasteiger partial charge in [0.15, 0.2) is 0 Å². The Bertz CT molecular complexity index is 151. The molecule has 0 heterocycles. The molecule has 0 fully saturated rings. The predicted octanol–water partition coefficient (Wildman–Crippen LogP) is -1.14. The second-order valence-electron chi connectivity index (χ2n) is 1.63. The van der Waals surface area contributed by atoms with Crippen molar-refractivity contribution in [2.24, 2.45) is 5.14 Å². The van der Waals surface area contributed by atoms with Crippen molar-refractivity contribution in [2.75, 3.05) is 12.4 Å². The maximum Gasteiger partial charge on any atom is 0.209 e. The summed E-state index contributed by atoms with van der Waals surface area (Å²) >= 11 is 0. The minimum atomic E-state index is -3.36. The molecule has 55 valence electrons. The smallest absolute Gasteiger partial charge is 0.209 e. The highest BCUT2D eigenvalue weighted by Gasteiger charge is 1.99. The van der Waals surface area contributed by atoms with Crippen molar-refractivity contribution >= 4 is 10.0 Å². The molecule has 0 saturated carbocycles. The summed E-state index contributed by atoms with van der Waals surface area (Å²) in [5.74, 6) is -0.159. The van der Waals surface area contributed by atoms with Crippen LogP contribution in [0.3, 0.4) is 0 Å². The van der Waals surface area contributed by atoms with Gasteiger partial charge < -0.3 is 5.11 Å². The van der Waals surface area contributed by atoms with E-state index in [-0.39, 0.29) is 12.4 Å². The largest absolute Gasteiger partial charge is 0.396 e. The molecule has 4 nitrogen and oxygen atoms in total. The van der Waals surface area contributed by atoms with E-state index in [2.05, 4.69) is 5.14 Å². The highest BCUT2D eigenvalue weighted by atomic mass is 32.2. The zero-order valence-corrected chi connectivity index (χ0v) is 5.76. The lowest BCUT2D eigenvalue weighted by Gasteiger charge is -1.93. The van der Waals surface area contributed by atoms with E-state index >= 15 is 0 Å². The molecule has 0 aliphatic carbocycles. The molecule has 0 saturated heterocycles. The third-order valence-electron chi connectivity index (χ3n) is 0.683. The van der Waals surface area contributed by atoms with Gasteiger partial charge in [0.25, 0.3) is 0 Å².